The topological polar surface area (TPSA) is 83.4 Å². The van der Waals surface area contributed by atoms with Crippen LogP contribution in [0.25, 0.3) is 17.0 Å². The number of carbonyl (C=O) groups is 2. The maximum Gasteiger partial charge on any atom is 0.267 e. The molecule has 0 spiro atoms. The van der Waals surface area contributed by atoms with Gasteiger partial charge in [0.1, 0.15) is 5.70 Å². The Bertz CT molecular complexity index is 1070. The lowest BCUT2D eigenvalue weighted by Crippen LogP contribution is -2.35. The molecule has 0 aliphatic heterocycles. The molecule has 0 fully saturated rings. The molecule has 0 aliphatic carbocycles. The van der Waals surface area contributed by atoms with Gasteiger partial charge in [0, 0.05) is 42.9 Å². The van der Waals surface area contributed by atoms with Crippen LogP contribution in [-0.4, -0.2) is 34.6 Å². The second-order valence-corrected chi connectivity index (χ2v) is 6.94. The summed E-state index contributed by atoms with van der Waals surface area (Å²) < 4.78 is 1.96. The highest BCUT2D eigenvalue weighted by Gasteiger charge is 2.17. The van der Waals surface area contributed by atoms with E-state index in [0.717, 1.165) is 16.5 Å². The summed E-state index contributed by atoms with van der Waals surface area (Å²) in [6, 6.07) is 14.4. The van der Waals surface area contributed by atoms with Crippen LogP contribution in [0, 0.1) is 0 Å². The van der Waals surface area contributed by atoms with E-state index in [1.54, 1.807) is 30.3 Å². The van der Waals surface area contributed by atoms with Gasteiger partial charge in [0.15, 0.2) is 0 Å². The van der Waals surface area contributed by atoms with Gasteiger partial charge >= 0.3 is 0 Å². The molecule has 7 heteroatoms. The van der Waals surface area contributed by atoms with Crippen molar-refractivity contribution in [3.63, 3.8) is 0 Å². The Labute approximate surface area is 173 Å². The van der Waals surface area contributed by atoms with Crippen LogP contribution < -0.4 is 10.6 Å². The van der Waals surface area contributed by atoms with Crippen molar-refractivity contribution in [1.29, 1.82) is 0 Å². The number of hydrogen-bond donors (Lipinski definition) is 3. The zero-order valence-electron chi connectivity index (χ0n) is 16.0. The normalized spacial score (nSPS) is 11.5. The minimum Gasteiger partial charge on any atom is -0.396 e. The number of halogens is 1. The number of aliphatic hydroxyl groups excluding tert-OH is 1. The molecule has 1 aromatic heterocycles. The SMILES string of the molecule is Cn1cc(C=C(NC(=O)c2ccccc2Cl)C(=O)NCCCO)c2ccccc21. The molecular formula is C22H22ClN3O3. The lowest BCUT2D eigenvalue weighted by atomic mass is 10.1. The van der Waals surface area contributed by atoms with Gasteiger partial charge in [-0.05, 0) is 30.7 Å². The predicted octanol–water partition coefficient (Wildman–Crippen LogP) is 3.10. The average Bonchev–Trinajstić information content (AvgIpc) is 3.03. The second kappa shape index (κ2) is 9.41. The fraction of sp³-hybridized carbons (Fsp3) is 0.182. The summed E-state index contributed by atoms with van der Waals surface area (Å²) in [5.74, 6) is -0.911. The Morgan fingerprint density at radius 1 is 1.14 bits per heavy atom. The van der Waals surface area contributed by atoms with Gasteiger partial charge in [0.05, 0.1) is 10.6 Å². The molecule has 150 valence electrons. The van der Waals surface area contributed by atoms with Gasteiger partial charge in [-0.25, -0.2) is 0 Å². The lowest BCUT2D eigenvalue weighted by Gasteiger charge is -2.11. The van der Waals surface area contributed by atoms with Crippen molar-refractivity contribution < 1.29 is 14.7 Å². The number of rotatable bonds is 7. The number of nitrogens with one attached hydrogen (secondary N) is 2. The zero-order valence-corrected chi connectivity index (χ0v) is 16.7. The zero-order chi connectivity index (χ0) is 20.8. The van der Waals surface area contributed by atoms with Crippen LogP contribution in [0.2, 0.25) is 5.02 Å². The summed E-state index contributed by atoms with van der Waals surface area (Å²) in [5.41, 5.74) is 2.19. The van der Waals surface area contributed by atoms with Crippen molar-refractivity contribution >= 4 is 40.4 Å². The van der Waals surface area contributed by atoms with Crippen LogP contribution in [0.3, 0.4) is 0 Å². The van der Waals surface area contributed by atoms with Crippen LogP contribution >= 0.6 is 11.6 Å². The molecule has 0 saturated carbocycles. The quantitative estimate of drug-likeness (QED) is 0.412. The number of aryl methyl sites for hydroxylation is 1. The Hall–Kier alpha value is -3.09. The summed E-state index contributed by atoms with van der Waals surface area (Å²) >= 11 is 6.11. The number of aliphatic hydroxyl groups is 1. The molecule has 0 radical (unpaired) electrons. The molecule has 2 aromatic carbocycles. The number of carbonyl (C=O) groups excluding carboxylic acids is 2. The first-order chi connectivity index (χ1) is 14.0. The summed E-state index contributed by atoms with van der Waals surface area (Å²) in [5, 5.41) is 15.6. The fourth-order valence-electron chi connectivity index (χ4n) is 3.01. The van der Waals surface area contributed by atoms with E-state index >= 15 is 0 Å². The maximum atomic E-state index is 12.7. The van der Waals surface area contributed by atoms with Gasteiger partial charge in [0.2, 0.25) is 0 Å². The summed E-state index contributed by atoms with van der Waals surface area (Å²) in [6.45, 7) is 0.263. The van der Waals surface area contributed by atoms with E-state index < -0.39 is 11.8 Å². The van der Waals surface area contributed by atoms with Crippen LogP contribution in [0.15, 0.2) is 60.4 Å². The number of amides is 2. The number of fused-ring (bicyclic) bond motifs is 1. The van der Waals surface area contributed by atoms with Crippen molar-refractivity contribution in [3.05, 3.63) is 76.6 Å². The Morgan fingerprint density at radius 3 is 2.62 bits per heavy atom. The Balaban J connectivity index is 1.96. The Kier molecular flexibility index (Phi) is 6.69. The highest BCUT2D eigenvalue weighted by molar-refractivity contribution is 6.34. The van der Waals surface area contributed by atoms with Crippen molar-refractivity contribution in [2.24, 2.45) is 7.05 Å². The van der Waals surface area contributed by atoms with Crippen molar-refractivity contribution in [2.75, 3.05) is 13.2 Å². The van der Waals surface area contributed by atoms with Crippen LogP contribution in [-0.2, 0) is 11.8 Å². The third-order valence-corrected chi connectivity index (χ3v) is 4.79. The van der Waals surface area contributed by atoms with Gasteiger partial charge in [-0.15, -0.1) is 0 Å². The standard InChI is InChI=1S/C22H22ClN3O3/c1-26-14-15(16-7-3-5-10-20(16)26)13-19(22(29)24-11-6-12-27)25-21(28)17-8-2-4-9-18(17)23/h2-5,7-10,13-14,27H,6,11-12H2,1H3,(H,24,29)(H,25,28). The number of benzene rings is 2. The smallest absolute Gasteiger partial charge is 0.267 e. The van der Waals surface area contributed by atoms with E-state index in [9.17, 15) is 9.59 Å². The summed E-state index contributed by atoms with van der Waals surface area (Å²) in [6.07, 6.45) is 3.96. The van der Waals surface area contributed by atoms with Gasteiger partial charge in [-0.3, -0.25) is 9.59 Å². The van der Waals surface area contributed by atoms with E-state index in [4.69, 9.17) is 16.7 Å². The summed E-state index contributed by atoms with van der Waals surface area (Å²) in [4.78, 5) is 25.4. The summed E-state index contributed by atoms with van der Waals surface area (Å²) in [7, 11) is 1.92. The van der Waals surface area contributed by atoms with Gasteiger partial charge in [-0.2, -0.15) is 0 Å². The van der Waals surface area contributed by atoms with E-state index in [-0.39, 0.29) is 17.9 Å². The molecule has 3 N–H and O–H groups in total. The molecule has 0 saturated heterocycles. The van der Waals surface area contributed by atoms with Gasteiger partial charge < -0.3 is 20.3 Å². The first kappa shape index (κ1) is 20.6. The lowest BCUT2D eigenvalue weighted by molar-refractivity contribution is -0.117. The number of para-hydroxylation sites is 1. The first-order valence-electron chi connectivity index (χ1n) is 9.22. The Morgan fingerprint density at radius 2 is 1.86 bits per heavy atom. The molecule has 0 aliphatic rings. The molecular weight excluding hydrogens is 390 g/mol. The van der Waals surface area contributed by atoms with Crippen LogP contribution in [0.5, 0.6) is 0 Å². The minimum atomic E-state index is -0.473. The third-order valence-electron chi connectivity index (χ3n) is 4.46. The molecule has 2 amide bonds. The maximum absolute atomic E-state index is 12.7. The van der Waals surface area contributed by atoms with E-state index in [1.807, 2.05) is 42.1 Å². The van der Waals surface area contributed by atoms with E-state index in [0.29, 0.717) is 18.0 Å². The van der Waals surface area contributed by atoms with Crippen molar-refractivity contribution in [2.45, 2.75) is 6.42 Å². The minimum absolute atomic E-state index is 0.0331. The largest absolute Gasteiger partial charge is 0.396 e. The second-order valence-electron chi connectivity index (χ2n) is 6.54. The molecule has 1 heterocycles. The molecule has 6 nitrogen and oxygen atoms in total. The van der Waals surface area contributed by atoms with E-state index in [1.165, 1.54) is 0 Å². The highest BCUT2D eigenvalue weighted by atomic mass is 35.5. The highest BCUT2D eigenvalue weighted by Crippen LogP contribution is 2.22. The van der Waals surface area contributed by atoms with E-state index in [2.05, 4.69) is 10.6 Å². The molecule has 3 aromatic rings. The third kappa shape index (κ3) is 4.85. The number of hydrogen-bond acceptors (Lipinski definition) is 3. The van der Waals surface area contributed by atoms with Crippen LogP contribution in [0.4, 0.5) is 0 Å². The molecule has 3 rings (SSSR count). The predicted molar refractivity (Wildman–Crippen MR) is 115 cm³/mol. The van der Waals surface area contributed by atoms with Crippen LogP contribution in [0.1, 0.15) is 22.3 Å². The molecule has 0 bridgehead atoms. The number of nitrogens with zero attached hydrogens (tertiary/aromatic N) is 1. The van der Waals surface area contributed by atoms with Gasteiger partial charge in [-0.1, -0.05) is 41.9 Å². The molecule has 0 atom stereocenters. The molecule has 0 unspecified atom stereocenters. The fourth-order valence-corrected chi connectivity index (χ4v) is 3.23. The van der Waals surface area contributed by atoms with Crippen molar-refractivity contribution in [3.8, 4) is 0 Å². The molecule has 29 heavy (non-hydrogen) atoms. The average molecular weight is 412 g/mol. The monoisotopic (exact) mass is 411 g/mol. The van der Waals surface area contributed by atoms with Gasteiger partial charge in [0.25, 0.3) is 11.8 Å². The van der Waals surface area contributed by atoms with Crippen molar-refractivity contribution in [1.82, 2.24) is 15.2 Å². The number of aromatic nitrogens is 1. The first-order valence-corrected chi connectivity index (χ1v) is 9.59.